The van der Waals surface area contributed by atoms with E-state index in [9.17, 15) is 9.59 Å². The van der Waals surface area contributed by atoms with Crippen LogP contribution in [0.5, 0.6) is 0 Å². The van der Waals surface area contributed by atoms with Gasteiger partial charge in [0, 0.05) is 28.8 Å². The molecule has 2 aromatic rings. The molecule has 1 spiro atoms. The Morgan fingerprint density at radius 3 is 2.82 bits per heavy atom. The number of amides is 2. The molecule has 1 aliphatic carbocycles. The normalized spacial score (nSPS) is 23.6. The number of anilines is 1. The Morgan fingerprint density at radius 1 is 1.25 bits per heavy atom. The maximum absolute atomic E-state index is 13.8. The molecule has 0 aromatic heterocycles. The van der Waals surface area contributed by atoms with E-state index in [0.717, 1.165) is 41.0 Å². The van der Waals surface area contributed by atoms with Gasteiger partial charge in [0.25, 0.3) is 5.91 Å². The highest BCUT2D eigenvalue weighted by atomic mass is 35.5. The van der Waals surface area contributed by atoms with E-state index in [-0.39, 0.29) is 17.7 Å². The van der Waals surface area contributed by atoms with Crippen LogP contribution in [0.15, 0.2) is 42.5 Å². The molecule has 2 heterocycles. The zero-order chi connectivity index (χ0) is 19.5. The standard InChI is InChI=1S/C22H21ClN2O2S/c1-14-3-2-4-15(11-14)13-24-19-8-7-17(23)12-18(19)22(21(24)27)25(9-10-28-22)20(26)16-5-6-16/h2-4,7-8,11-12,16H,5-6,9-10,13H2,1H3/t22-/m0/s1. The van der Waals surface area contributed by atoms with Crippen LogP contribution in [0, 0.1) is 12.8 Å². The quantitative estimate of drug-likeness (QED) is 0.753. The summed E-state index contributed by atoms with van der Waals surface area (Å²) in [6.07, 6.45) is 1.86. The van der Waals surface area contributed by atoms with E-state index in [1.807, 2.05) is 53.1 Å². The number of aryl methyl sites for hydroxylation is 1. The topological polar surface area (TPSA) is 40.6 Å². The van der Waals surface area contributed by atoms with Gasteiger partial charge in [0.15, 0.2) is 4.87 Å². The third kappa shape index (κ3) is 2.67. The molecule has 1 saturated carbocycles. The molecule has 4 nitrogen and oxygen atoms in total. The predicted octanol–water partition coefficient (Wildman–Crippen LogP) is 4.33. The van der Waals surface area contributed by atoms with Crippen LogP contribution in [0.2, 0.25) is 5.02 Å². The Balaban J connectivity index is 1.60. The molecule has 2 fully saturated rings. The first-order chi connectivity index (χ1) is 13.5. The number of hydrogen-bond acceptors (Lipinski definition) is 3. The number of thioether (sulfide) groups is 1. The summed E-state index contributed by atoms with van der Waals surface area (Å²) in [7, 11) is 0. The summed E-state index contributed by atoms with van der Waals surface area (Å²) in [6, 6.07) is 13.8. The second kappa shape index (κ2) is 6.53. The van der Waals surface area contributed by atoms with Gasteiger partial charge >= 0.3 is 0 Å². The van der Waals surface area contributed by atoms with Crippen LogP contribution < -0.4 is 4.90 Å². The summed E-state index contributed by atoms with van der Waals surface area (Å²) in [5.74, 6) is 0.926. The summed E-state index contributed by atoms with van der Waals surface area (Å²) in [4.78, 5) is 29.5. The average Bonchev–Trinajstić information content (AvgIpc) is 3.39. The number of hydrogen-bond donors (Lipinski definition) is 0. The van der Waals surface area contributed by atoms with Gasteiger partial charge < -0.3 is 9.80 Å². The van der Waals surface area contributed by atoms with Gasteiger partial charge in [0.2, 0.25) is 5.91 Å². The third-order valence-corrected chi connectivity index (χ3v) is 7.43. The highest BCUT2D eigenvalue weighted by Gasteiger charge is 2.60. The number of fused-ring (bicyclic) bond motifs is 2. The van der Waals surface area contributed by atoms with Gasteiger partial charge in [0.1, 0.15) is 0 Å². The molecule has 6 heteroatoms. The van der Waals surface area contributed by atoms with Crippen LogP contribution in [0.3, 0.4) is 0 Å². The minimum atomic E-state index is -0.969. The molecule has 0 unspecified atom stereocenters. The number of benzene rings is 2. The monoisotopic (exact) mass is 412 g/mol. The van der Waals surface area contributed by atoms with E-state index in [0.29, 0.717) is 18.1 Å². The third-order valence-electron chi connectivity index (χ3n) is 5.77. The van der Waals surface area contributed by atoms with Gasteiger partial charge in [-0.2, -0.15) is 0 Å². The Kier molecular flexibility index (Phi) is 4.21. The molecule has 1 saturated heterocycles. The fourth-order valence-electron chi connectivity index (χ4n) is 4.31. The zero-order valence-corrected chi connectivity index (χ0v) is 17.2. The van der Waals surface area contributed by atoms with Crippen molar-refractivity contribution >= 4 is 40.9 Å². The SMILES string of the molecule is Cc1cccc(CN2C(=O)[C@@]3(SCCN3C(=O)C3CC3)c3cc(Cl)ccc32)c1. The first-order valence-electron chi connectivity index (χ1n) is 9.64. The Labute approximate surface area is 173 Å². The van der Waals surface area contributed by atoms with Crippen LogP contribution in [-0.4, -0.2) is 29.0 Å². The minimum Gasteiger partial charge on any atom is -0.315 e. The van der Waals surface area contributed by atoms with Crippen molar-refractivity contribution in [3.8, 4) is 0 Å². The maximum atomic E-state index is 13.8. The largest absolute Gasteiger partial charge is 0.315 e. The Bertz CT molecular complexity index is 990. The fraction of sp³-hybridized carbons (Fsp3) is 0.364. The summed E-state index contributed by atoms with van der Waals surface area (Å²) >= 11 is 7.89. The maximum Gasteiger partial charge on any atom is 0.268 e. The van der Waals surface area contributed by atoms with E-state index in [2.05, 4.69) is 6.07 Å². The van der Waals surface area contributed by atoms with Gasteiger partial charge in [-0.25, -0.2) is 0 Å². The van der Waals surface area contributed by atoms with E-state index in [1.54, 1.807) is 11.8 Å². The van der Waals surface area contributed by atoms with Gasteiger partial charge in [-0.15, -0.1) is 11.8 Å². The van der Waals surface area contributed by atoms with E-state index in [1.165, 1.54) is 0 Å². The van der Waals surface area contributed by atoms with E-state index < -0.39 is 4.87 Å². The fourth-order valence-corrected chi connectivity index (χ4v) is 5.94. The highest BCUT2D eigenvalue weighted by Crippen LogP contribution is 2.56. The zero-order valence-electron chi connectivity index (χ0n) is 15.7. The molecule has 2 aromatic carbocycles. The second-order valence-electron chi connectivity index (χ2n) is 7.80. The molecule has 144 valence electrons. The van der Waals surface area contributed by atoms with Crippen molar-refractivity contribution in [3.63, 3.8) is 0 Å². The van der Waals surface area contributed by atoms with Crippen molar-refractivity contribution in [2.45, 2.75) is 31.2 Å². The summed E-state index contributed by atoms with van der Waals surface area (Å²) in [5.41, 5.74) is 3.96. The van der Waals surface area contributed by atoms with Crippen molar-refractivity contribution in [2.24, 2.45) is 5.92 Å². The summed E-state index contributed by atoms with van der Waals surface area (Å²) < 4.78 is 0. The number of halogens is 1. The molecule has 0 bridgehead atoms. The molecule has 1 atom stereocenters. The lowest BCUT2D eigenvalue weighted by atomic mass is 10.1. The molecule has 5 rings (SSSR count). The molecule has 2 aliphatic heterocycles. The lowest BCUT2D eigenvalue weighted by Crippen LogP contribution is -2.50. The predicted molar refractivity (Wildman–Crippen MR) is 112 cm³/mol. The lowest BCUT2D eigenvalue weighted by molar-refractivity contribution is -0.141. The van der Waals surface area contributed by atoms with E-state index >= 15 is 0 Å². The van der Waals surface area contributed by atoms with Crippen molar-refractivity contribution < 1.29 is 9.59 Å². The molecule has 0 N–H and O–H groups in total. The van der Waals surface area contributed by atoms with Gasteiger partial charge in [0.05, 0.1) is 12.2 Å². The van der Waals surface area contributed by atoms with Gasteiger partial charge in [-0.1, -0.05) is 41.4 Å². The molecular weight excluding hydrogens is 392 g/mol. The lowest BCUT2D eigenvalue weighted by Gasteiger charge is -2.33. The van der Waals surface area contributed by atoms with Crippen molar-refractivity contribution in [1.82, 2.24) is 4.90 Å². The molecule has 3 aliphatic rings. The molecular formula is C22H21ClN2O2S. The molecule has 28 heavy (non-hydrogen) atoms. The van der Waals surface area contributed by atoms with Gasteiger partial charge in [-0.05, 0) is 43.5 Å². The van der Waals surface area contributed by atoms with Crippen LogP contribution in [0.4, 0.5) is 5.69 Å². The summed E-state index contributed by atoms with van der Waals surface area (Å²) in [5, 5.41) is 0.592. The minimum absolute atomic E-state index is 0.0252. The molecule has 2 amide bonds. The van der Waals surface area contributed by atoms with Crippen molar-refractivity contribution in [3.05, 3.63) is 64.2 Å². The highest BCUT2D eigenvalue weighted by molar-refractivity contribution is 8.01. The number of nitrogens with zero attached hydrogens (tertiary/aromatic N) is 2. The smallest absolute Gasteiger partial charge is 0.268 e. The van der Waals surface area contributed by atoms with Crippen LogP contribution in [0.25, 0.3) is 0 Å². The van der Waals surface area contributed by atoms with E-state index in [4.69, 9.17) is 11.6 Å². The average molecular weight is 413 g/mol. The second-order valence-corrected chi connectivity index (χ2v) is 9.52. The Morgan fingerprint density at radius 2 is 2.07 bits per heavy atom. The van der Waals surface area contributed by atoms with Gasteiger partial charge in [-0.3, -0.25) is 9.59 Å². The first-order valence-corrected chi connectivity index (χ1v) is 11.0. The first kappa shape index (κ1) is 18.1. The van der Waals surface area contributed by atoms with Crippen LogP contribution >= 0.6 is 23.4 Å². The van der Waals surface area contributed by atoms with Crippen LogP contribution in [0.1, 0.15) is 29.5 Å². The van der Waals surface area contributed by atoms with Crippen molar-refractivity contribution in [1.29, 1.82) is 0 Å². The number of carbonyl (C=O) groups is 2. The van der Waals surface area contributed by atoms with Crippen molar-refractivity contribution in [2.75, 3.05) is 17.2 Å². The number of carbonyl (C=O) groups excluding carboxylic acids is 2. The summed E-state index contributed by atoms with van der Waals surface area (Å²) in [6.45, 7) is 3.15. The Hall–Kier alpha value is -1.98. The number of rotatable bonds is 3. The van der Waals surface area contributed by atoms with Crippen LogP contribution in [-0.2, 0) is 21.0 Å². The molecule has 0 radical (unpaired) electrons.